The van der Waals surface area contributed by atoms with Crippen molar-refractivity contribution < 1.29 is 24.6 Å². The van der Waals surface area contributed by atoms with Gasteiger partial charge in [-0.2, -0.15) is 12.6 Å². The van der Waals surface area contributed by atoms with Gasteiger partial charge in [-0.3, -0.25) is 9.59 Å². The van der Waals surface area contributed by atoms with Crippen LogP contribution >= 0.6 is 12.6 Å². The Morgan fingerprint density at radius 1 is 1.30 bits per heavy atom. The fraction of sp³-hybridized carbons (Fsp3) is 0.308. The van der Waals surface area contributed by atoms with Gasteiger partial charge in [0.25, 0.3) is 0 Å². The molecule has 7 heteroatoms. The van der Waals surface area contributed by atoms with Crippen molar-refractivity contribution in [2.24, 2.45) is 5.92 Å². The van der Waals surface area contributed by atoms with Crippen LogP contribution in [0.15, 0.2) is 24.3 Å². The first-order valence-corrected chi connectivity index (χ1v) is 6.47. The third-order valence-corrected chi connectivity index (χ3v) is 3.21. The number of aromatic carboxylic acids is 1. The van der Waals surface area contributed by atoms with Gasteiger partial charge in [0.05, 0.1) is 5.56 Å². The van der Waals surface area contributed by atoms with E-state index in [-0.39, 0.29) is 17.0 Å². The van der Waals surface area contributed by atoms with Crippen molar-refractivity contribution in [3.8, 4) is 0 Å². The van der Waals surface area contributed by atoms with Crippen LogP contribution in [0.2, 0.25) is 0 Å². The number of rotatable bonds is 6. The zero-order chi connectivity index (χ0) is 15.3. The molecule has 0 aliphatic carbocycles. The zero-order valence-electron chi connectivity index (χ0n) is 10.8. The Bertz CT molecular complexity index is 531. The maximum absolute atomic E-state index is 12.2. The predicted molar refractivity (Wildman–Crippen MR) is 76.4 cm³/mol. The van der Waals surface area contributed by atoms with Crippen LogP contribution in [0, 0.1) is 5.92 Å². The first kappa shape index (κ1) is 16.0. The molecular formula is C13H15NO5S. The summed E-state index contributed by atoms with van der Waals surface area (Å²) < 4.78 is 0. The van der Waals surface area contributed by atoms with Gasteiger partial charge in [-0.1, -0.05) is 13.0 Å². The minimum absolute atomic E-state index is 0.00999. The molecule has 1 amide bonds. The molecule has 6 nitrogen and oxygen atoms in total. The molecule has 0 radical (unpaired) electrons. The van der Waals surface area contributed by atoms with E-state index in [1.165, 1.54) is 24.3 Å². The van der Waals surface area contributed by atoms with E-state index in [2.05, 4.69) is 12.6 Å². The third kappa shape index (κ3) is 3.99. The largest absolute Gasteiger partial charge is 0.480 e. The van der Waals surface area contributed by atoms with Gasteiger partial charge < -0.3 is 15.1 Å². The number of benzene rings is 1. The molecular weight excluding hydrogens is 282 g/mol. The van der Waals surface area contributed by atoms with Crippen molar-refractivity contribution in [2.45, 2.75) is 6.92 Å². The summed E-state index contributed by atoms with van der Waals surface area (Å²) in [5.41, 5.74) is 0.232. The van der Waals surface area contributed by atoms with Gasteiger partial charge in [-0.05, 0) is 18.2 Å². The molecule has 1 atom stereocenters. The number of aliphatic carboxylic acids is 1. The number of carboxylic acids is 2. The van der Waals surface area contributed by atoms with Crippen LogP contribution in [-0.4, -0.2) is 40.4 Å². The van der Waals surface area contributed by atoms with Crippen molar-refractivity contribution in [1.82, 2.24) is 0 Å². The molecule has 0 fully saturated rings. The summed E-state index contributed by atoms with van der Waals surface area (Å²) >= 11 is 4.02. The highest BCUT2D eigenvalue weighted by molar-refractivity contribution is 7.80. The smallest absolute Gasteiger partial charge is 0.335 e. The van der Waals surface area contributed by atoms with Crippen LogP contribution < -0.4 is 4.90 Å². The summed E-state index contributed by atoms with van der Waals surface area (Å²) in [6, 6.07) is 5.61. The number of amides is 1. The van der Waals surface area contributed by atoms with Crippen LogP contribution in [0.25, 0.3) is 0 Å². The Kier molecular flexibility index (Phi) is 5.57. The van der Waals surface area contributed by atoms with Crippen molar-refractivity contribution in [3.63, 3.8) is 0 Å². The van der Waals surface area contributed by atoms with Gasteiger partial charge in [-0.15, -0.1) is 0 Å². The van der Waals surface area contributed by atoms with E-state index < -0.39 is 30.3 Å². The van der Waals surface area contributed by atoms with Crippen molar-refractivity contribution in [2.75, 3.05) is 17.2 Å². The second kappa shape index (κ2) is 6.95. The lowest BCUT2D eigenvalue weighted by Crippen LogP contribution is -2.39. The predicted octanol–water partition coefficient (Wildman–Crippen LogP) is 1.37. The summed E-state index contributed by atoms with van der Waals surface area (Å²) in [7, 11) is 0. The van der Waals surface area contributed by atoms with Crippen LogP contribution in [0.5, 0.6) is 0 Å². The Balaban J connectivity index is 3.16. The number of carboxylic acid groups (broad SMARTS) is 2. The van der Waals surface area contributed by atoms with Crippen molar-refractivity contribution in [3.05, 3.63) is 29.8 Å². The molecule has 2 N–H and O–H groups in total. The molecule has 1 aromatic rings. The van der Waals surface area contributed by atoms with E-state index in [0.717, 1.165) is 4.90 Å². The fourth-order valence-corrected chi connectivity index (χ4v) is 1.74. The van der Waals surface area contributed by atoms with E-state index >= 15 is 0 Å². The lowest BCUT2D eigenvalue weighted by Gasteiger charge is -2.24. The number of hydrogen-bond acceptors (Lipinski definition) is 4. The molecule has 0 aliphatic heterocycles. The number of carbonyl (C=O) groups excluding carboxylic acids is 1. The van der Waals surface area contributed by atoms with Crippen molar-refractivity contribution in [1.29, 1.82) is 0 Å². The summed E-state index contributed by atoms with van der Waals surface area (Å²) in [5, 5.41) is 17.8. The molecule has 0 aromatic heterocycles. The van der Waals surface area contributed by atoms with E-state index in [0.29, 0.717) is 0 Å². The number of thiol groups is 1. The van der Waals surface area contributed by atoms with E-state index in [4.69, 9.17) is 10.2 Å². The van der Waals surface area contributed by atoms with Gasteiger partial charge >= 0.3 is 11.9 Å². The first-order valence-electron chi connectivity index (χ1n) is 5.84. The van der Waals surface area contributed by atoms with Crippen LogP contribution in [0.1, 0.15) is 17.3 Å². The molecule has 20 heavy (non-hydrogen) atoms. The maximum Gasteiger partial charge on any atom is 0.335 e. The zero-order valence-corrected chi connectivity index (χ0v) is 11.7. The second-order valence-electron chi connectivity index (χ2n) is 4.26. The molecule has 1 unspecified atom stereocenters. The third-order valence-electron chi connectivity index (χ3n) is 2.66. The monoisotopic (exact) mass is 297 g/mol. The van der Waals surface area contributed by atoms with Gasteiger partial charge in [0.1, 0.15) is 6.54 Å². The van der Waals surface area contributed by atoms with Gasteiger partial charge in [0.2, 0.25) is 5.91 Å². The standard InChI is InChI=1S/C13H15NO5S/c1-8(7-20)12(17)14(6-11(15)16)10-4-2-3-9(5-10)13(18)19/h2-5,8,20H,6-7H2,1H3,(H,15,16)(H,18,19). The average Bonchev–Trinajstić information content (AvgIpc) is 2.43. The van der Waals surface area contributed by atoms with E-state index in [1.807, 2.05) is 0 Å². The van der Waals surface area contributed by atoms with Crippen LogP contribution in [0.4, 0.5) is 5.69 Å². The Labute approximate surface area is 121 Å². The SMILES string of the molecule is CC(CS)C(=O)N(CC(=O)O)c1cccc(C(=O)O)c1. The highest BCUT2D eigenvalue weighted by Crippen LogP contribution is 2.19. The molecule has 0 aliphatic rings. The lowest BCUT2D eigenvalue weighted by atomic mass is 10.1. The van der Waals surface area contributed by atoms with E-state index in [1.54, 1.807) is 6.92 Å². The molecule has 0 heterocycles. The highest BCUT2D eigenvalue weighted by atomic mass is 32.1. The first-order chi connectivity index (χ1) is 9.36. The van der Waals surface area contributed by atoms with Crippen molar-refractivity contribution >= 4 is 36.2 Å². The van der Waals surface area contributed by atoms with Crippen LogP contribution in [0.3, 0.4) is 0 Å². The number of anilines is 1. The lowest BCUT2D eigenvalue weighted by molar-refractivity contribution is -0.137. The maximum atomic E-state index is 12.2. The summed E-state index contributed by atoms with van der Waals surface area (Å²) in [4.78, 5) is 35.0. The van der Waals surface area contributed by atoms with Gasteiger partial charge in [0.15, 0.2) is 0 Å². The number of hydrogen-bond donors (Lipinski definition) is 3. The highest BCUT2D eigenvalue weighted by Gasteiger charge is 2.23. The second-order valence-corrected chi connectivity index (χ2v) is 4.62. The summed E-state index contributed by atoms with van der Waals surface area (Å²) in [6.45, 7) is 1.10. The van der Waals surface area contributed by atoms with Gasteiger partial charge in [-0.25, -0.2) is 4.79 Å². The average molecular weight is 297 g/mol. The molecule has 108 valence electrons. The Morgan fingerprint density at radius 3 is 2.45 bits per heavy atom. The quantitative estimate of drug-likeness (QED) is 0.689. The molecule has 0 saturated heterocycles. The Hall–Kier alpha value is -2.02. The number of nitrogens with zero attached hydrogens (tertiary/aromatic N) is 1. The molecule has 0 saturated carbocycles. The normalized spacial score (nSPS) is 11.7. The minimum Gasteiger partial charge on any atom is -0.480 e. The Morgan fingerprint density at radius 2 is 1.95 bits per heavy atom. The fourth-order valence-electron chi connectivity index (χ4n) is 1.58. The summed E-state index contributed by atoms with van der Waals surface area (Å²) in [5.74, 6) is -2.92. The van der Waals surface area contributed by atoms with E-state index in [9.17, 15) is 14.4 Å². The minimum atomic E-state index is -1.18. The number of carbonyl (C=O) groups is 3. The molecule has 1 rings (SSSR count). The topological polar surface area (TPSA) is 94.9 Å². The van der Waals surface area contributed by atoms with Gasteiger partial charge in [0, 0.05) is 17.4 Å². The molecule has 0 bridgehead atoms. The summed E-state index contributed by atoms with van der Waals surface area (Å²) in [6.07, 6.45) is 0. The molecule has 0 spiro atoms. The van der Waals surface area contributed by atoms with Crippen LogP contribution in [-0.2, 0) is 9.59 Å². The molecule has 1 aromatic carbocycles.